The van der Waals surface area contributed by atoms with Crippen molar-refractivity contribution >= 4 is 21.8 Å². The summed E-state index contributed by atoms with van der Waals surface area (Å²) in [7, 11) is 0. The van der Waals surface area contributed by atoms with Crippen LogP contribution in [0.15, 0.2) is 16.6 Å². The molecular formula is C9H5BrF2N4O. The number of carbonyl (C=O) groups excluding carboxylic acids is 1. The summed E-state index contributed by atoms with van der Waals surface area (Å²) < 4.78 is 26.4. The highest BCUT2D eigenvalue weighted by atomic mass is 79.9. The smallest absolute Gasteiger partial charge is 0.271 e. The van der Waals surface area contributed by atoms with Crippen LogP contribution in [-0.4, -0.2) is 21.3 Å². The van der Waals surface area contributed by atoms with Gasteiger partial charge >= 0.3 is 0 Å². The highest BCUT2D eigenvalue weighted by molar-refractivity contribution is 9.10. The quantitative estimate of drug-likeness (QED) is 0.827. The van der Waals surface area contributed by atoms with Crippen molar-refractivity contribution in [2.45, 2.75) is 0 Å². The average Bonchev–Trinajstić information content (AvgIpc) is 2.75. The number of carbonyl (C=O) groups is 1. The highest BCUT2D eigenvalue weighted by Crippen LogP contribution is 2.29. The zero-order valence-electron chi connectivity index (χ0n) is 8.17. The van der Waals surface area contributed by atoms with Gasteiger partial charge in [0.25, 0.3) is 5.91 Å². The Morgan fingerprint density at radius 3 is 2.71 bits per heavy atom. The number of primary amides is 1. The molecule has 1 aromatic carbocycles. The van der Waals surface area contributed by atoms with Gasteiger partial charge in [-0.05, 0) is 28.1 Å². The first-order valence-electron chi connectivity index (χ1n) is 4.36. The molecule has 1 aromatic heterocycles. The molecule has 2 aromatic rings. The van der Waals surface area contributed by atoms with Crippen LogP contribution >= 0.6 is 15.9 Å². The molecule has 0 fully saturated rings. The number of rotatable bonds is 2. The van der Waals surface area contributed by atoms with Crippen LogP contribution in [0.2, 0.25) is 0 Å². The fourth-order valence-electron chi connectivity index (χ4n) is 1.30. The topological polar surface area (TPSA) is 84.7 Å². The number of hydrogen-bond acceptors (Lipinski definition) is 3. The zero-order valence-corrected chi connectivity index (χ0v) is 9.75. The van der Waals surface area contributed by atoms with Gasteiger partial charge in [-0.1, -0.05) is 0 Å². The van der Waals surface area contributed by atoms with Gasteiger partial charge in [0.15, 0.2) is 5.69 Å². The van der Waals surface area contributed by atoms with E-state index in [1.54, 1.807) is 0 Å². The van der Waals surface area contributed by atoms with E-state index >= 15 is 0 Å². The SMILES string of the molecule is NC(=O)c1n[nH]nc1-c1ccc(F)c(Br)c1F. The van der Waals surface area contributed by atoms with Crippen molar-refractivity contribution in [3.63, 3.8) is 0 Å². The van der Waals surface area contributed by atoms with Gasteiger partial charge in [0, 0.05) is 5.56 Å². The number of aromatic nitrogens is 3. The molecule has 3 N–H and O–H groups in total. The predicted molar refractivity (Wildman–Crippen MR) is 58.0 cm³/mol. The van der Waals surface area contributed by atoms with Crippen LogP contribution in [-0.2, 0) is 0 Å². The Balaban J connectivity index is 2.65. The molecule has 0 radical (unpaired) electrons. The summed E-state index contributed by atoms with van der Waals surface area (Å²) in [6.45, 7) is 0. The number of benzene rings is 1. The minimum atomic E-state index is -0.874. The van der Waals surface area contributed by atoms with Gasteiger partial charge in [-0.25, -0.2) is 8.78 Å². The summed E-state index contributed by atoms with van der Waals surface area (Å²) in [5.74, 6) is -2.48. The second kappa shape index (κ2) is 4.21. The third kappa shape index (κ3) is 1.91. The fourth-order valence-corrected chi connectivity index (χ4v) is 1.65. The number of nitrogens with one attached hydrogen (secondary N) is 1. The second-order valence-corrected chi connectivity index (χ2v) is 3.90. The summed E-state index contributed by atoms with van der Waals surface area (Å²) in [5, 5.41) is 9.28. The van der Waals surface area contributed by atoms with Gasteiger partial charge < -0.3 is 5.73 Å². The molecule has 0 saturated carbocycles. The third-order valence-electron chi connectivity index (χ3n) is 2.07. The first-order chi connectivity index (χ1) is 8.02. The molecule has 17 heavy (non-hydrogen) atoms. The largest absolute Gasteiger partial charge is 0.364 e. The molecule has 1 amide bonds. The summed E-state index contributed by atoms with van der Waals surface area (Å²) in [5.41, 5.74) is 4.71. The van der Waals surface area contributed by atoms with E-state index in [0.717, 1.165) is 12.1 Å². The maximum Gasteiger partial charge on any atom is 0.271 e. The van der Waals surface area contributed by atoms with Crippen molar-refractivity contribution in [1.82, 2.24) is 15.4 Å². The predicted octanol–water partition coefficient (Wildman–Crippen LogP) is 1.61. The normalized spacial score (nSPS) is 10.5. The number of amides is 1. The molecule has 8 heteroatoms. The highest BCUT2D eigenvalue weighted by Gasteiger charge is 2.20. The molecule has 88 valence electrons. The summed E-state index contributed by atoms with van der Waals surface area (Å²) in [4.78, 5) is 11.0. The summed E-state index contributed by atoms with van der Waals surface area (Å²) in [6, 6.07) is 2.20. The maximum atomic E-state index is 13.7. The summed E-state index contributed by atoms with van der Waals surface area (Å²) in [6.07, 6.45) is 0. The molecule has 2 rings (SSSR count). The van der Waals surface area contributed by atoms with Crippen LogP contribution in [0.3, 0.4) is 0 Å². The van der Waals surface area contributed by atoms with Crippen molar-refractivity contribution in [2.24, 2.45) is 5.73 Å². The molecule has 0 bridgehead atoms. The minimum absolute atomic E-state index is 0.0595. The molecule has 0 aliphatic carbocycles. The van der Waals surface area contributed by atoms with Crippen molar-refractivity contribution in [2.75, 3.05) is 0 Å². The molecule has 0 atom stereocenters. The van der Waals surface area contributed by atoms with Gasteiger partial charge in [-0.3, -0.25) is 4.79 Å². The third-order valence-corrected chi connectivity index (χ3v) is 2.80. The van der Waals surface area contributed by atoms with Crippen molar-refractivity contribution in [3.8, 4) is 11.3 Å². The lowest BCUT2D eigenvalue weighted by atomic mass is 10.1. The van der Waals surface area contributed by atoms with Gasteiger partial charge in [-0.2, -0.15) is 15.4 Å². The second-order valence-electron chi connectivity index (χ2n) is 3.11. The average molecular weight is 303 g/mol. The van der Waals surface area contributed by atoms with Crippen molar-refractivity contribution in [1.29, 1.82) is 0 Å². The molecule has 1 heterocycles. The van der Waals surface area contributed by atoms with E-state index in [-0.39, 0.29) is 21.4 Å². The van der Waals surface area contributed by atoms with Crippen LogP contribution in [0.4, 0.5) is 8.78 Å². The van der Waals surface area contributed by atoms with Crippen molar-refractivity contribution in [3.05, 3.63) is 33.9 Å². The van der Waals surface area contributed by atoms with Crippen LogP contribution < -0.4 is 5.73 Å². The van der Waals surface area contributed by atoms with Gasteiger partial charge in [0.2, 0.25) is 0 Å². The molecule has 0 spiro atoms. The van der Waals surface area contributed by atoms with Gasteiger partial charge in [0.1, 0.15) is 17.3 Å². The number of H-pyrrole nitrogens is 1. The number of aromatic amines is 1. The first kappa shape index (κ1) is 11.6. The Hall–Kier alpha value is -1.83. The van der Waals surface area contributed by atoms with E-state index in [0.29, 0.717) is 0 Å². The van der Waals surface area contributed by atoms with Crippen LogP contribution in [0, 0.1) is 11.6 Å². The van der Waals surface area contributed by atoms with Crippen LogP contribution in [0.5, 0.6) is 0 Å². The van der Waals surface area contributed by atoms with E-state index < -0.39 is 17.5 Å². The van der Waals surface area contributed by atoms with E-state index in [1.807, 2.05) is 0 Å². The minimum Gasteiger partial charge on any atom is -0.364 e. The molecule has 0 unspecified atom stereocenters. The van der Waals surface area contributed by atoms with E-state index in [2.05, 4.69) is 31.3 Å². The molecule has 0 saturated heterocycles. The molecule has 0 aliphatic rings. The van der Waals surface area contributed by atoms with E-state index in [1.165, 1.54) is 0 Å². The zero-order chi connectivity index (χ0) is 12.6. The van der Waals surface area contributed by atoms with Crippen LogP contribution in [0.25, 0.3) is 11.3 Å². The number of nitrogens with two attached hydrogens (primary N) is 1. The van der Waals surface area contributed by atoms with Gasteiger partial charge in [-0.15, -0.1) is 0 Å². The Labute approximate surface area is 102 Å². The Bertz CT molecular complexity index is 599. The number of nitrogens with zero attached hydrogens (tertiary/aromatic N) is 2. The lowest BCUT2D eigenvalue weighted by molar-refractivity contribution is 0.0996. The monoisotopic (exact) mass is 302 g/mol. The fraction of sp³-hybridized carbons (Fsp3) is 0. The number of halogens is 3. The standard InChI is InChI=1S/C9H5BrF2N4O/c10-5-4(11)2-1-3(6(5)12)7-8(9(13)17)15-16-14-7/h1-2H,(H2,13,17)(H,14,15,16). The molecular weight excluding hydrogens is 298 g/mol. The van der Waals surface area contributed by atoms with Crippen LogP contribution in [0.1, 0.15) is 10.5 Å². The Morgan fingerprint density at radius 1 is 1.35 bits per heavy atom. The molecule has 0 aliphatic heterocycles. The molecule has 5 nitrogen and oxygen atoms in total. The van der Waals surface area contributed by atoms with E-state index in [9.17, 15) is 13.6 Å². The van der Waals surface area contributed by atoms with Crippen molar-refractivity contribution < 1.29 is 13.6 Å². The van der Waals surface area contributed by atoms with Gasteiger partial charge in [0.05, 0.1) is 4.47 Å². The Kier molecular flexibility index (Phi) is 2.88. The lowest BCUT2D eigenvalue weighted by Crippen LogP contribution is -2.13. The maximum absolute atomic E-state index is 13.7. The number of hydrogen-bond donors (Lipinski definition) is 2. The first-order valence-corrected chi connectivity index (χ1v) is 5.16. The Morgan fingerprint density at radius 2 is 2.06 bits per heavy atom. The van der Waals surface area contributed by atoms with E-state index in [4.69, 9.17) is 5.73 Å². The summed E-state index contributed by atoms with van der Waals surface area (Å²) >= 11 is 2.75. The lowest BCUT2D eigenvalue weighted by Gasteiger charge is -2.03.